The largest absolute Gasteiger partial charge is 0.389 e. The van der Waals surface area contributed by atoms with Gasteiger partial charge in [-0.2, -0.15) is 0 Å². The van der Waals surface area contributed by atoms with Gasteiger partial charge in [0.15, 0.2) is 0 Å². The Morgan fingerprint density at radius 2 is 1.89 bits per heavy atom. The molecule has 0 unspecified atom stereocenters. The van der Waals surface area contributed by atoms with E-state index in [9.17, 15) is 9.50 Å². The molecule has 0 amide bonds. The van der Waals surface area contributed by atoms with E-state index in [2.05, 4.69) is 13.2 Å². The molecule has 2 nitrogen and oxygen atoms in total. The van der Waals surface area contributed by atoms with E-state index in [1.165, 1.54) is 6.07 Å². The molecule has 0 saturated heterocycles. The summed E-state index contributed by atoms with van der Waals surface area (Å²) < 4.78 is 13.6. The summed E-state index contributed by atoms with van der Waals surface area (Å²) in [5.74, 6) is -0.299. The Kier molecular flexibility index (Phi) is 5.10. The molecule has 1 aromatic rings. The molecule has 3 heteroatoms. The van der Waals surface area contributed by atoms with Crippen LogP contribution in [0.2, 0.25) is 0 Å². The van der Waals surface area contributed by atoms with Crippen molar-refractivity contribution in [3.8, 4) is 0 Å². The van der Waals surface area contributed by atoms with E-state index in [0.717, 1.165) is 5.69 Å². The first-order valence-electron chi connectivity index (χ1n) is 5.96. The summed E-state index contributed by atoms with van der Waals surface area (Å²) in [6.07, 6.45) is 2.83. The lowest BCUT2D eigenvalue weighted by atomic mass is 10.0. The number of nitrogens with zero attached hydrogens (tertiary/aromatic N) is 1. The number of hydrogen-bond acceptors (Lipinski definition) is 2. The van der Waals surface area contributed by atoms with Crippen molar-refractivity contribution in [3.05, 3.63) is 54.4 Å². The number of rotatable bonds is 6. The van der Waals surface area contributed by atoms with Crippen LogP contribution in [0.4, 0.5) is 10.1 Å². The van der Waals surface area contributed by atoms with E-state index >= 15 is 0 Å². The maximum Gasteiger partial charge on any atom is 0.126 e. The van der Waals surface area contributed by atoms with Gasteiger partial charge in [0.05, 0.1) is 6.10 Å². The summed E-state index contributed by atoms with van der Waals surface area (Å²) in [6.45, 7) is 12.0. The van der Waals surface area contributed by atoms with E-state index in [-0.39, 0.29) is 5.82 Å². The first kappa shape index (κ1) is 14.5. The number of aliphatic hydroxyl groups excluding tert-OH is 1. The van der Waals surface area contributed by atoms with Crippen LogP contribution in [0, 0.1) is 12.7 Å². The van der Waals surface area contributed by atoms with Crippen molar-refractivity contribution in [2.24, 2.45) is 0 Å². The van der Waals surface area contributed by atoms with Gasteiger partial charge < -0.3 is 10.0 Å². The average molecular weight is 249 g/mol. The molecule has 0 aliphatic rings. The molecule has 0 spiro atoms. The molecule has 0 aliphatic carbocycles. The molecule has 0 bridgehead atoms. The van der Waals surface area contributed by atoms with E-state index in [1.807, 2.05) is 4.90 Å². The first-order valence-corrected chi connectivity index (χ1v) is 5.96. The summed E-state index contributed by atoms with van der Waals surface area (Å²) in [5.41, 5.74) is 1.97. The fourth-order valence-corrected chi connectivity index (χ4v) is 1.87. The second kappa shape index (κ2) is 6.36. The van der Waals surface area contributed by atoms with Crippen molar-refractivity contribution in [2.75, 3.05) is 18.0 Å². The van der Waals surface area contributed by atoms with Crippen LogP contribution in [0.1, 0.15) is 24.2 Å². The third kappa shape index (κ3) is 3.20. The second-order valence-corrected chi connectivity index (χ2v) is 4.32. The van der Waals surface area contributed by atoms with Gasteiger partial charge in [-0.15, -0.1) is 13.2 Å². The maximum absolute atomic E-state index is 13.6. The summed E-state index contributed by atoms with van der Waals surface area (Å²) in [5, 5.41) is 9.76. The minimum absolute atomic E-state index is 0.299. The third-order valence-electron chi connectivity index (χ3n) is 2.80. The van der Waals surface area contributed by atoms with Crippen molar-refractivity contribution in [1.82, 2.24) is 0 Å². The van der Waals surface area contributed by atoms with Crippen LogP contribution in [0.3, 0.4) is 0 Å². The summed E-state index contributed by atoms with van der Waals surface area (Å²) in [6, 6.07) is 3.15. The minimum atomic E-state index is -0.716. The molecular formula is C15H20FNO. The Labute approximate surface area is 108 Å². The number of hydrogen-bond donors (Lipinski definition) is 1. The van der Waals surface area contributed by atoms with Gasteiger partial charge in [-0.1, -0.05) is 12.2 Å². The van der Waals surface area contributed by atoms with E-state index in [1.54, 1.807) is 32.1 Å². The van der Waals surface area contributed by atoms with Crippen LogP contribution < -0.4 is 4.90 Å². The molecule has 1 atom stereocenters. The minimum Gasteiger partial charge on any atom is -0.389 e. The molecule has 98 valence electrons. The van der Waals surface area contributed by atoms with Gasteiger partial charge in [-0.25, -0.2) is 4.39 Å². The highest BCUT2D eigenvalue weighted by atomic mass is 19.1. The quantitative estimate of drug-likeness (QED) is 0.781. The zero-order valence-electron chi connectivity index (χ0n) is 11.0. The van der Waals surface area contributed by atoms with Gasteiger partial charge in [0, 0.05) is 24.3 Å². The van der Waals surface area contributed by atoms with Crippen LogP contribution in [-0.2, 0) is 0 Å². The van der Waals surface area contributed by atoms with Gasteiger partial charge in [0.25, 0.3) is 0 Å². The second-order valence-electron chi connectivity index (χ2n) is 4.32. The molecule has 0 saturated carbocycles. The summed E-state index contributed by atoms with van der Waals surface area (Å²) >= 11 is 0. The average Bonchev–Trinajstić information content (AvgIpc) is 2.31. The van der Waals surface area contributed by atoms with Crippen LogP contribution >= 0.6 is 0 Å². The Morgan fingerprint density at radius 3 is 2.33 bits per heavy atom. The van der Waals surface area contributed by atoms with E-state index in [0.29, 0.717) is 24.2 Å². The molecule has 0 fully saturated rings. The van der Waals surface area contributed by atoms with Crippen LogP contribution in [0.25, 0.3) is 0 Å². The Bertz CT molecular complexity index is 430. The first-order chi connectivity index (χ1) is 8.51. The normalized spacial score (nSPS) is 12.0. The number of anilines is 1. The maximum atomic E-state index is 13.6. The van der Waals surface area contributed by atoms with E-state index in [4.69, 9.17) is 0 Å². The van der Waals surface area contributed by atoms with Crippen LogP contribution in [-0.4, -0.2) is 18.2 Å². The molecule has 0 radical (unpaired) electrons. The van der Waals surface area contributed by atoms with Crippen molar-refractivity contribution in [2.45, 2.75) is 20.0 Å². The Morgan fingerprint density at radius 1 is 1.33 bits per heavy atom. The lowest BCUT2D eigenvalue weighted by molar-refractivity contribution is 0.199. The number of benzene rings is 1. The predicted octanol–water partition coefficient (Wildman–Crippen LogP) is 3.37. The molecule has 1 N–H and O–H groups in total. The molecule has 0 aromatic heterocycles. The Hall–Kier alpha value is -1.61. The third-order valence-corrected chi connectivity index (χ3v) is 2.80. The van der Waals surface area contributed by atoms with Crippen LogP contribution in [0.15, 0.2) is 37.4 Å². The topological polar surface area (TPSA) is 23.5 Å². The smallest absolute Gasteiger partial charge is 0.126 e. The summed E-state index contributed by atoms with van der Waals surface area (Å²) in [7, 11) is 0. The predicted molar refractivity (Wildman–Crippen MR) is 74.4 cm³/mol. The lowest BCUT2D eigenvalue weighted by Gasteiger charge is -2.26. The summed E-state index contributed by atoms with van der Waals surface area (Å²) in [4.78, 5) is 1.99. The molecule has 1 rings (SSSR count). The Balaban J connectivity index is 3.29. The zero-order valence-corrected chi connectivity index (χ0v) is 11.0. The number of aliphatic hydroxyl groups is 1. The lowest BCUT2D eigenvalue weighted by Crippen LogP contribution is -2.25. The van der Waals surface area contributed by atoms with Crippen molar-refractivity contribution >= 4 is 5.69 Å². The van der Waals surface area contributed by atoms with Crippen LogP contribution in [0.5, 0.6) is 0 Å². The monoisotopic (exact) mass is 249 g/mol. The highest BCUT2D eigenvalue weighted by Gasteiger charge is 2.15. The molecule has 0 heterocycles. The van der Waals surface area contributed by atoms with Gasteiger partial charge in [0.2, 0.25) is 0 Å². The SMILES string of the molecule is C=CCN(CC=C)c1cc(C)c(F)cc1[C@H](C)O. The van der Waals surface area contributed by atoms with Gasteiger partial charge in [-0.3, -0.25) is 0 Å². The number of aryl methyl sites for hydroxylation is 1. The van der Waals surface area contributed by atoms with Gasteiger partial charge >= 0.3 is 0 Å². The fourth-order valence-electron chi connectivity index (χ4n) is 1.87. The highest BCUT2D eigenvalue weighted by molar-refractivity contribution is 5.57. The van der Waals surface area contributed by atoms with Crippen molar-refractivity contribution < 1.29 is 9.50 Å². The molecule has 0 aliphatic heterocycles. The molecular weight excluding hydrogens is 229 g/mol. The molecule has 1 aromatic carbocycles. The van der Waals surface area contributed by atoms with Gasteiger partial charge in [-0.05, 0) is 31.5 Å². The molecule has 18 heavy (non-hydrogen) atoms. The highest BCUT2D eigenvalue weighted by Crippen LogP contribution is 2.29. The van der Waals surface area contributed by atoms with Crippen molar-refractivity contribution in [3.63, 3.8) is 0 Å². The zero-order chi connectivity index (χ0) is 13.7. The van der Waals surface area contributed by atoms with Gasteiger partial charge in [0.1, 0.15) is 5.82 Å². The van der Waals surface area contributed by atoms with E-state index < -0.39 is 6.10 Å². The number of halogens is 1. The fraction of sp³-hybridized carbons (Fsp3) is 0.333. The standard InChI is InChI=1S/C15H20FNO/c1-5-7-17(8-6-2)15-9-11(3)14(16)10-13(15)12(4)18/h5-6,9-10,12,18H,1-2,7-8H2,3-4H3/t12-/m0/s1. The van der Waals surface area contributed by atoms with Crippen molar-refractivity contribution in [1.29, 1.82) is 0 Å².